The number of terminal acetylenes is 1. The SMILES string of the molecule is C#CC1(CC)COC1.CCC1(C=O)COC1.COP(=O)(OC)C(=[N+]=[N-])C(C)=O. The Balaban J connectivity index is 0.000000402. The maximum Gasteiger partial charge on any atom is 0.446 e. The van der Waals surface area contributed by atoms with Crippen LogP contribution in [0.1, 0.15) is 33.6 Å². The Morgan fingerprint density at radius 2 is 1.71 bits per heavy atom. The van der Waals surface area contributed by atoms with Crippen molar-refractivity contribution in [2.45, 2.75) is 33.6 Å². The van der Waals surface area contributed by atoms with Gasteiger partial charge in [-0.05, 0) is 12.8 Å². The highest BCUT2D eigenvalue weighted by Crippen LogP contribution is 2.47. The van der Waals surface area contributed by atoms with Crippen LogP contribution >= 0.6 is 7.60 Å². The second kappa shape index (κ2) is 12.0. The Morgan fingerprint density at radius 1 is 1.21 bits per heavy atom. The van der Waals surface area contributed by atoms with Crippen LogP contribution in [-0.2, 0) is 32.7 Å². The minimum absolute atomic E-state index is 0.0972. The fourth-order valence-electron chi connectivity index (χ4n) is 2.02. The molecular formula is C18H29N2O7P. The van der Waals surface area contributed by atoms with E-state index in [-0.39, 0.29) is 10.8 Å². The maximum absolute atomic E-state index is 11.4. The van der Waals surface area contributed by atoms with Gasteiger partial charge in [-0.15, -0.1) is 6.42 Å². The molecule has 2 aliphatic rings. The molecule has 0 spiro atoms. The van der Waals surface area contributed by atoms with Gasteiger partial charge in [-0.25, -0.2) is 4.57 Å². The third-order valence-electron chi connectivity index (χ3n) is 4.62. The Labute approximate surface area is 166 Å². The van der Waals surface area contributed by atoms with E-state index in [2.05, 4.69) is 26.7 Å². The molecule has 0 amide bonds. The largest absolute Gasteiger partial charge is 0.446 e. The Kier molecular flexibility index (Phi) is 11.3. The molecule has 9 nitrogen and oxygen atoms in total. The molecule has 28 heavy (non-hydrogen) atoms. The van der Waals surface area contributed by atoms with Gasteiger partial charge in [0.2, 0.25) is 5.78 Å². The zero-order valence-electron chi connectivity index (χ0n) is 17.1. The van der Waals surface area contributed by atoms with Gasteiger partial charge in [0.25, 0.3) is 0 Å². The predicted octanol–water partition coefficient (Wildman–Crippen LogP) is 2.35. The summed E-state index contributed by atoms with van der Waals surface area (Å²) in [5.41, 5.74) is 7.74. The van der Waals surface area contributed by atoms with Crippen molar-refractivity contribution in [3.05, 3.63) is 5.53 Å². The Hall–Kier alpha value is -1.65. The van der Waals surface area contributed by atoms with Gasteiger partial charge in [-0.1, -0.05) is 19.8 Å². The average Bonchev–Trinajstić information content (AvgIpc) is 2.63. The van der Waals surface area contributed by atoms with Crippen molar-refractivity contribution in [1.29, 1.82) is 0 Å². The molecule has 2 heterocycles. The fourth-order valence-corrected chi connectivity index (χ4v) is 3.01. The second-order valence-corrected chi connectivity index (χ2v) is 8.59. The molecule has 2 fully saturated rings. The summed E-state index contributed by atoms with van der Waals surface area (Å²) in [6.45, 7) is 8.00. The zero-order chi connectivity index (χ0) is 21.8. The molecule has 0 aromatic rings. The highest BCUT2D eigenvalue weighted by atomic mass is 31.2. The molecule has 2 saturated heterocycles. The highest BCUT2D eigenvalue weighted by Gasteiger charge is 2.41. The van der Waals surface area contributed by atoms with Crippen LogP contribution < -0.4 is 0 Å². The van der Waals surface area contributed by atoms with Gasteiger partial charge in [-0.3, -0.25) is 4.79 Å². The van der Waals surface area contributed by atoms with Crippen LogP contribution in [0.3, 0.4) is 0 Å². The number of hydrogen-bond donors (Lipinski definition) is 0. The smallest absolute Gasteiger partial charge is 0.379 e. The van der Waals surface area contributed by atoms with E-state index in [1.54, 1.807) is 0 Å². The monoisotopic (exact) mass is 416 g/mol. The van der Waals surface area contributed by atoms with Crippen molar-refractivity contribution in [3.63, 3.8) is 0 Å². The van der Waals surface area contributed by atoms with Crippen molar-refractivity contribution < 1.29 is 37.5 Å². The molecule has 0 atom stereocenters. The van der Waals surface area contributed by atoms with E-state index in [1.807, 2.05) is 6.92 Å². The lowest BCUT2D eigenvalue weighted by Gasteiger charge is -2.35. The number of carbonyl (C=O) groups is 2. The van der Waals surface area contributed by atoms with Crippen LogP contribution in [-0.4, -0.2) is 63.0 Å². The molecule has 0 aromatic carbocycles. The summed E-state index contributed by atoms with van der Waals surface area (Å²) in [4.78, 5) is 23.5. The number of aldehydes is 1. The van der Waals surface area contributed by atoms with Crippen molar-refractivity contribution in [3.8, 4) is 12.3 Å². The summed E-state index contributed by atoms with van der Waals surface area (Å²) < 4.78 is 30.1. The lowest BCUT2D eigenvalue weighted by molar-refractivity contribution is -0.146. The molecule has 158 valence electrons. The van der Waals surface area contributed by atoms with Gasteiger partial charge in [0, 0.05) is 21.1 Å². The number of ketones is 1. The first-order valence-corrected chi connectivity index (χ1v) is 10.3. The molecule has 0 bridgehead atoms. The fraction of sp³-hybridized carbons (Fsp3) is 0.722. The van der Waals surface area contributed by atoms with Gasteiger partial charge in [0.1, 0.15) is 6.29 Å². The lowest BCUT2D eigenvalue weighted by atomic mass is 9.84. The minimum Gasteiger partial charge on any atom is -0.379 e. The van der Waals surface area contributed by atoms with E-state index in [1.165, 1.54) is 0 Å². The summed E-state index contributed by atoms with van der Waals surface area (Å²) in [6, 6.07) is 0. The van der Waals surface area contributed by atoms with E-state index < -0.39 is 18.8 Å². The second-order valence-electron chi connectivity index (χ2n) is 6.44. The topological polar surface area (TPSA) is 125 Å². The van der Waals surface area contributed by atoms with Crippen molar-refractivity contribution in [2.24, 2.45) is 10.8 Å². The molecule has 2 rings (SSSR count). The molecule has 0 radical (unpaired) electrons. The number of rotatable bonds is 7. The first-order chi connectivity index (χ1) is 13.2. The molecule has 2 aliphatic heterocycles. The number of nitrogens with zero attached hydrogens (tertiary/aromatic N) is 2. The van der Waals surface area contributed by atoms with E-state index >= 15 is 0 Å². The van der Waals surface area contributed by atoms with Crippen molar-refractivity contribution >= 4 is 25.1 Å². The van der Waals surface area contributed by atoms with Crippen LogP contribution in [0.2, 0.25) is 0 Å². The van der Waals surface area contributed by atoms with Gasteiger partial charge in [0.05, 0.1) is 37.3 Å². The average molecular weight is 416 g/mol. The summed E-state index contributed by atoms with van der Waals surface area (Å²) in [6.07, 6.45) is 8.22. The van der Waals surface area contributed by atoms with E-state index in [0.717, 1.165) is 53.5 Å². The highest BCUT2D eigenvalue weighted by molar-refractivity contribution is 7.74. The molecular weight excluding hydrogens is 387 g/mol. The summed E-state index contributed by atoms with van der Waals surface area (Å²) in [5.74, 6) is 2.08. The number of carbonyl (C=O) groups excluding carboxylic acids is 2. The van der Waals surface area contributed by atoms with Crippen molar-refractivity contribution in [1.82, 2.24) is 0 Å². The maximum atomic E-state index is 11.4. The first-order valence-electron chi connectivity index (χ1n) is 8.72. The van der Waals surface area contributed by atoms with Gasteiger partial charge in [-0.2, -0.15) is 4.79 Å². The molecule has 10 heteroatoms. The summed E-state index contributed by atoms with van der Waals surface area (Å²) in [7, 11) is -1.51. The van der Waals surface area contributed by atoms with Crippen LogP contribution in [0.5, 0.6) is 0 Å². The minimum atomic E-state index is -3.70. The first kappa shape index (κ1) is 26.4. The number of hydrogen-bond acceptors (Lipinski definition) is 7. The number of ether oxygens (including phenoxy) is 2. The van der Waals surface area contributed by atoms with Crippen LogP contribution in [0.4, 0.5) is 0 Å². The predicted molar refractivity (Wildman–Crippen MR) is 103 cm³/mol. The Morgan fingerprint density at radius 3 is 1.75 bits per heavy atom. The standard InChI is InChI=1S/C7H10O.C6H10O2.C5H9N2O4P/c1-3-7(4-2)5-8-6-7;1-2-6(3-7)4-8-5-6;1-4(8)5(7-6)12(9,10-2)11-3/h1H,4-6H2,2H3;3H,2,4-5H2,1H3;1-3H3. The lowest BCUT2D eigenvalue weighted by Crippen LogP contribution is -2.43. The molecule has 0 saturated carbocycles. The summed E-state index contributed by atoms with van der Waals surface area (Å²) in [5, 5.41) is 0. The number of Topliss-reactive ketones (excluding diaryl/α,β-unsaturated/α-hetero) is 1. The molecule has 0 aliphatic carbocycles. The van der Waals surface area contributed by atoms with Gasteiger partial charge < -0.3 is 28.8 Å². The molecule has 0 aromatic heterocycles. The van der Waals surface area contributed by atoms with E-state index in [4.69, 9.17) is 21.4 Å². The normalized spacial score (nSPS) is 18.1. The zero-order valence-corrected chi connectivity index (χ0v) is 18.0. The molecule has 0 N–H and O–H groups in total. The third-order valence-corrected chi connectivity index (χ3v) is 6.51. The Bertz CT molecular complexity index is 653. The van der Waals surface area contributed by atoms with E-state index in [0.29, 0.717) is 13.2 Å². The van der Waals surface area contributed by atoms with Crippen LogP contribution in [0, 0.1) is 23.2 Å². The van der Waals surface area contributed by atoms with Crippen LogP contribution in [0.25, 0.3) is 5.53 Å². The van der Waals surface area contributed by atoms with Crippen LogP contribution in [0.15, 0.2) is 0 Å². The van der Waals surface area contributed by atoms with Gasteiger partial charge >= 0.3 is 13.0 Å². The van der Waals surface area contributed by atoms with Gasteiger partial charge in [0.15, 0.2) is 0 Å². The molecule has 0 unspecified atom stereocenters. The van der Waals surface area contributed by atoms with Crippen molar-refractivity contribution in [2.75, 3.05) is 40.6 Å². The summed E-state index contributed by atoms with van der Waals surface area (Å²) >= 11 is 0. The quantitative estimate of drug-likeness (QED) is 0.156. The third kappa shape index (κ3) is 6.75. The van der Waals surface area contributed by atoms with E-state index in [9.17, 15) is 14.2 Å².